The van der Waals surface area contributed by atoms with Crippen LogP contribution in [0.3, 0.4) is 0 Å². The topological polar surface area (TPSA) is 61.8 Å². The Bertz CT molecular complexity index is 411. The molecule has 5 nitrogen and oxygen atoms in total. The van der Waals surface area contributed by atoms with Crippen LogP contribution in [0.1, 0.15) is 40.0 Å². The summed E-state index contributed by atoms with van der Waals surface area (Å²) in [7, 11) is -1.90. The summed E-state index contributed by atoms with van der Waals surface area (Å²) < 4.78 is 16.4. The summed E-state index contributed by atoms with van der Waals surface area (Å²) in [4.78, 5) is 22.7. The van der Waals surface area contributed by atoms with E-state index >= 15 is 0 Å². The largest absolute Gasteiger partial charge is 0.462 e. The summed E-state index contributed by atoms with van der Waals surface area (Å²) in [6, 6.07) is 1.82. The maximum absolute atomic E-state index is 11.4. The number of carbonyl (C=O) groups excluding carboxylic acids is 2. The van der Waals surface area contributed by atoms with Gasteiger partial charge in [0.2, 0.25) is 0 Å². The van der Waals surface area contributed by atoms with Gasteiger partial charge < -0.3 is 13.9 Å². The second kappa shape index (κ2) is 12.0. The molecule has 0 aromatic carbocycles. The molecule has 0 unspecified atom stereocenters. The van der Waals surface area contributed by atoms with Crippen LogP contribution in [0.2, 0.25) is 18.6 Å². The molecule has 0 N–H and O–H groups in total. The number of ether oxygens (including phenoxy) is 2. The summed E-state index contributed by atoms with van der Waals surface area (Å²) in [5.41, 5.74) is 0.827. The van der Waals surface area contributed by atoms with Crippen LogP contribution in [-0.2, 0) is 23.5 Å². The molecule has 0 rings (SSSR count). The molecule has 0 amide bonds. The average Bonchev–Trinajstić information content (AvgIpc) is 2.53. The van der Waals surface area contributed by atoms with Gasteiger partial charge in [-0.2, -0.15) is 0 Å². The van der Waals surface area contributed by atoms with Gasteiger partial charge in [-0.1, -0.05) is 20.1 Å². The lowest BCUT2D eigenvalue weighted by atomic mass is 10.4. The molecule has 0 spiro atoms. The van der Waals surface area contributed by atoms with Gasteiger partial charge >= 0.3 is 11.9 Å². The Hall–Kier alpha value is -1.40. The van der Waals surface area contributed by atoms with E-state index in [1.807, 2.05) is 0 Å². The first-order valence-electron chi connectivity index (χ1n) is 8.51. The Labute approximate surface area is 147 Å². The average molecular weight is 357 g/mol. The van der Waals surface area contributed by atoms with E-state index in [-0.39, 0.29) is 11.9 Å². The minimum absolute atomic E-state index is 0.348. The second-order valence-electron chi connectivity index (χ2n) is 6.34. The van der Waals surface area contributed by atoms with Gasteiger partial charge in [0.25, 0.3) is 0 Å². The molecule has 0 fully saturated rings. The lowest BCUT2D eigenvalue weighted by Gasteiger charge is -2.27. The molecule has 0 saturated carbocycles. The van der Waals surface area contributed by atoms with Gasteiger partial charge in [-0.05, 0) is 51.7 Å². The van der Waals surface area contributed by atoms with Crippen molar-refractivity contribution in [2.45, 2.75) is 58.7 Å². The molecular weight excluding hydrogens is 324 g/mol. The maximum Gasteiger partial charge on any atom is 0.333 e. The predicted molar refractivity (Wildman–Crippen MR) is 98.3 cm³/mol. The highest BCUT2D eigenvalue weighted by molar-refractivity contribution is 6.72. The molecule has 6 heteroatoms. The van der Waals surface area contributed by atoms with Gasteiger partial charge in [-0.25, -0.2) is 9.59 Å². The fourth-order valence-corrected chi connectivity index (χ4v) is 5.11. The molecule has 0 aliphatic rings. The lowest BCUT2D eigenvalue weighted by molar-refractivity contribution is -0.139. The van der Waals surface area contributed by atoms with E-state index in [1.165, 1.54) is 0 Å². The number of carbonyl (C=O) groups is 2. The molecule has 0 bridgehead atoms. The van der Waals surface area contributed by atoms with Crippen LogP contribution in [0.4, 0.5) is 0 Å². The summed E-state index contributed by atoms with van der Waals surface area (Å²) in [6.45, 7) is 16.2. The normalized spacial score (nSPS) is 11.0. The van der Waals surface area contributed by atoms with Crippen LogP contribution < -0.4 is 0 Å². The minimum Gasteiger partial charge on any atom is -0.462 e. The Kier molecular flexibility index (Phi) is 11.3. The van der Waals surface area contributed by atoms with Gasteiger partial charge in [0.05, 0.1) is 13.2 Å². The van der Waals surface area contributed by atoms with Crippen molar-refractivity contribution in [1.29, 1.82) is 0 Å². The van der Waals surface area contributed by atoms with Crippen molar-refractivity contribution < 1.29 is 23.5 Å². The Balaban J connectivity index is 4.24. The molecule has 0 aromatic heterocycles. The highest BCUT2D eigenvalue weighted by Crippen LogP contribution is 2.22. The van der Waals surface area contributed by atoms with Gasteiger partial charge in [-0.15, -0.1) is 0 Å². The van der Waals surface area contributed by atoms with Crippen molar-refractivity contribution in [2.75, 3.05) is 19.8 Å². The van der Waals surface area contributed by atoms with Crippen LogP contribution in [0, 0.1) is 0 Å². The van der Waals surface area contributed by atoms with E-state index in [0.717, 1.165) is 38.0 Å². The first-order valence-corrected chi connectivity index (χ1v) is 11.3. The highest BCUT2D eigenvalue weighted by Gasteiger charge is 2.28. The Morgan fingerprint density at radius 2 is 1.29 bits per heavy atom. The minimum atomic E-state index is -1.90. The Morgan fingerprint density at radius 1 is 0.875 bits per heavy atom. The zero-order valence-corrected chi connectivity index (χ0v) is 16.6. The fraction of sp³-hybridized carbons (Fsp3) is 0.667. The first-order chi connectivity index (χ1) is 11.2. The quantitative estimate of drug-likeness (QED) is 0.216. The van der Waals surface area contributed by atoms with E-state index in [2.05, 4.69) is 26.6 Å². The Morgan fingerprint density at radius 3 is 1.62 bits per heavy atom. The van der Waals surface area contributed by atoms with Crippen LogP contribution in [0.15, 0.2) is 24.3 Å². The molecule has 0 heterocycles. The molecule has 0 aliphatic heterocycles. The number of esters is 2. The molecule has 138 valence electrons. The van der Waals surface area contributed by atoms with Gasteiger partial charge in [-0.3, -0.25) is 0 Å². The number of hydrogen-bond donors (Lipinski definition) is 0. The SMILES string of the molecule is C=C(C)C(=O)OCCC[Si](C)(CCCOC(=O)C(=C)C)OCCC. The second-order valence-corrected chi connectivity index (χ2v) is 10.5. The molecule has 0 aliphatic carbocycles. The van der Waals surface area contributed by atoms with Crippen molar-refractivity contribution in [3.63, 3.8) is 0 Å². The van der Waals surface area contributed by atoms with Crippen molar-refractivity contribution in [3.8, 4) is 0 Å². The van der Waals surface area contributed by atoms with E-state index in [9.17, 15) is 9.59 Å². The summed E-state index contributed by atoms with van der Waals surface area (Å²) in [6.07, 6.45) is 2.52. The zero-order chi connectivity index (χ0) is 18.6. The third kappa shape index (κ3) is 10.4. The first kappa shape index (κ1) is 22.6. The van der Waals surface area contributed by atoms with Gasteiger partial charge in [0.15, 0.2) is 8.32 Å². The zero-order valence-electron chi connectivity index (χ0n) is 15.6. The molecule has 0 radical (unpaired) electrons. The van der Waals surface area contributed by atoms with Crippen LogP contribution in [0.25, 0.3) is 0 Å². The van der Waals surface area contributed by atoms with Crippen molar-refractivity contribution >= 4 is 20.3 Å². The molecule has 0 aromatic rings. The molecular formula is C18H32O5Si. The van der Waals surface area contributed by atoms with Crippen molar-refractivity contribution in [2.24, 2.45) is 0 Å². The molecule has 24 heavy (non-hydrogen) atoms. The predicted octanol–water partition coefficient (Wildman–Crippen LogP) is 4.01. The van der Waals surface area contributed by atoms with Crippen molar-refractivity contribution in [3.05, 3.63) is 24.3 Å². The van der Waals surface area contributed by atoms with Crippen LogP contribution >= 0.6 is 0 Å². The summed E-state index contributed by atoms with van der Waals surface area (Å²) in [5.74, 6) is -0.695. The standard InChI is InChI=1S/C18H32O5Si/c1-7-10-23-24(6,13-8-11-21-17(19)15(2)3)14-9-12-22-18(20)16(4)5/h2,4,7-14H2,1,3,5-6H3. The van der Waals surface area contributed by atoms with E-state index < -0.39 is 8.32 Å². The fourth-order valence-electron chi connectivity index (χ4n) is 2.09. The number of hydrogen-bond acceptors (Lipinski definition) is 5. The third-order valence-electron chi connectivity index (χ3n) is 3.52. The molecule has 0 saturated heterocycles. The van der Waals surface area contributed by atoms with Gasteiger partial charge in [0, 0.05) is 17.8 Å². The van der Waals surface area contributed by atoms with Crippen molar-refractivity contribution in [1.82, 2.24) is 0 Å². The lowest BCUT2D eigenvalue weighted by Crippen LogP contribution is -2.35. The molecule has 0 atom stereocenters. The van der Waals surface area contributed by atoms with Crippen LogP contribution in [0.5, 0.6) is 0 Å². The van der Waals surface area contributed by atoms with E-state index in [4.69, 9.17) is 13.9 Å². The summed E-state index contributed by atoms with van der Waals surface area (Å²) >= 11 is 0. The number of rotatable bonds is 13. The van der Waals surface area contributed by atoms with Crippen LogP contribution in [-0.4, -0.2) is 40.1 Å². The third-order valence-corrected chi connectivity index (χ3v) is 7.24. The summed E-state index contributed by atoms with van der Waals surface area (Å²) in [5, 5.41) is 0. The highest BCUT2D eigenvalue weighted by atomic mass is 28.4. The van der Waals surface area contributed by atoms with E-state index in [0.29, 0.717) is 24.4 Å². The monoisotopic (exact) mass is 356 g/mol. The van der Waals surface area contributed by atoms with E-state index in [1.54, 1.807) is 13.8 Å². The smallest absolute Gasteiger partial charge is 0.333 e. The maximum atomic E-state index is 11.4. The van der Waals surface area contributed by atoms with Gasteiger partial charge in [0.1, 0.15) is 0 Å².